The largest absolute Gasteiger partial charge is 0.286 e. The third kappa shape index (κ3) is 4.68. The van der Waals surface area contributed by atoms with Crippen molar-refractivity contribution >= 4 is 29.1 Å². The monoisotopic (exact) mass is 482 g/mol. The van der Waals surface area contributed by atoms with E-state index in [0.717, 1.165) is 42.8 Å². The second kappa shape index (κ2) is 9.49. The third-order valence-corrected chi connectivity index (χ3v) is 7.08. The van der Waals surface area contributed by atoms with Crippen molar-refractivity contribution < 1.29 is 4.79 Å². The molecule has 1 aliphatic heterocycles. The Morgan fingerprint density at radius 1 is 1.06 bits per heavy atom. The zero-order valence-electron chi connectivity index (χ0n) is 18.8. The van der Waals surface area contributed by atoms with Crippen LogP contribution in [-0.2, 0) is 6.42 Å². The van der Waals surface area contributed by atoms with E-state index in [1.807, 2.05) is 11.1 Å². The van der Waals surface area contributed by atoms with Gasteiger partial charge in [0, 0.05) is 29.2 Å². The molecule has 5 nitrogen and oxygen atoms in total. The predicted molar refractivity (Wildman–Crippen MR) is 133 cm³/mol. The summed E-state index contributed by atoms with van der Waals surface area (Å²) >= 11 is 12.7. The van der Waals surface area contributed by atoms with E-state index in [1.54, 1.807) is 16.8 Å². The van der Waals surface area contributed by atoms with Gasteiger partial charge in [0.05, 0.1) is 16.4 Å². The van der Waals surface area contributed by atoms with Crippen LogP contribution in [0, 0.1) is 0 Å². The number of carbonyl (C=O) groups excluding carboxylic acids is 1. The summed E-state index contributed by atoms with van der Waals surface area (Å²) in [7, 11) is 0. The fourth-order valence-electron chi connectivity index (χ4n) is 4.62. The number of benzene rings is 2. The number of piperidine rings is 1. The van der Waals surface area contributed by atoms with Crippen molar-refractivity contribution in [1.29, 1.82) is 0 Å². The number of hydrogen-bond donors (Lipinski definition) is 1. The number of halogens is 2. The highest BCUT2D eigenvalue weighted by Gasteiger charge is 2.27. The van der Waals surface area contributed by atoms with Gasteiger partial charge in [0.1, 0.15) is 0 Å². The van der Waals surface area contributed by atoms with Crippen molar-refractivity contribution in [1.82, 2.24) is 20.2 Å². The normalized spacial score (nSPS) is 16.7. The van der Waals surface area contributed by atoms with Crippen molar-refractivity contribution in [3.63, 3.8) is 0 Å². The van der Waals surface area contributed by atoms with E-state index in [0.29, 0.717) is 33.8 Å². The van der Waals surface area contributed by atoms with Crippen LogP contribution in [-0.4, -0.2) is 33.8 Å². The molecule has 1 amide bonds. The molecule has 2 fully saturated rings. The molecule has 2 aliphatic rings. The Hall–Kier alpha value is -2.34. The average molecular weight is 483 g/mol. The van der Waals surface area contributed by atoms with Gasteiger partial charge >= 0.3 is 0 Å². The molecule has 5 rings (SSSR count). The molecule has 1 N–H and O–H groups in total. The number of carbonyl (C=O) groups is 1. The van der Waals surface area contributed by atoms with Crippen molar-refractivity contribution in [2.24, 2.45) is 0 Å². The number of hydrogen-bond acceptors (Lipinski definition) is 3. The van der Waals surface area contributed by atoms with Crippen LogP contribution in [0.2, 0.25) is 10.0 Å². The minimum Gasteiger partial charge on any atom is -0.283 e. The SMILES string of the molecule is CCc1c(C(=O)NN2CCCCC2)nn(-c2ccc(Cl)cc2Cl)c1-c1ccc(C2CC2)cc1. The minimum absolute atomic E-state index is 0.173. The summed E-state index contributed by atoms with van der Waals surface area (Å²) in [4.78, 5) is 13.3. The second-order valence-electron chi connectivity index (χ2n) is 8.92. The Morgan fingerprint density at radius 3 is 2.42 bits per heavy atom. The molecule has 1 saturated carbocycles. The highest BCUT2D eigenvalue weighted by atomic mass is 35.5. The zero-order chi connectivity index (χ0) is 22.9. The van der Waals surface area contributed by atoms with Crippen molar-refractivity contribution in [3.8, 4) is 16.9 Å². The Kier molecular flexibility index (Phi) is 6.46. The van der Waals surface area contributed by atoms with Crippen LogP contribution in [0.5, 0.6) is 0 Å². The average Bonchev–Trinajstić information content (AvgIpc) is 3.60. The molecular weight excluding hydrogens is 455 g/mol. The van der Waals surface area contributed by atoms with E-state index in [-0.39, 0.29) is 5.91 Å². The summed E-state index contributed by atoms with van der Waals surface area (Å²) in [6.45, 7) is 3.80. The Labute approximate surface area is 204 Å². The molecule has 2 heterocycles. The molecule has 0 bridgehead atoms. The lowest BCUT2D eigenvalue weighted by Crippen LogP contribution is -2.45. The molecule has 0 unspecified atom stereocenters. The lowest BCUT2D eigenvalue weighted by molar-refractivity contribution is 0.0743. The number of amides is 1. The summed E-state index contributed by atoms with van der Waals surface area (Å²) in [5.41, 5.74) is 8.42. The number of rotatable bonds is 6. The van der Waals surface area contributed by atoms with Crippen LogP contribution in [0.3, 0.4) is 0 Å². The number of aromatic nitrogens is 2. The fraction of sp³-hybridized carbons (Fsp3) is 0.385. The van der Waals surface area contributed by atoms with Gasteiger partial charge in [0.15, 0.2) is 5.69 Å². The maximum absolute atomic E-state index is 13.3. The first-order valence-electron chi connectivity index (χ1n) is 11.8. The van der Waals surface area contributed by atoms with Gasteiger partial charge < -0.3 is 0 Å². The van der Waals surface area contributed by atoms with E-state index >= 15 is 0 Å². The van der Waals surface area contributed by atoms with E-state index in [2.05, 4.69) is 36.6 Å². The molecular formula is C26H28Cl2N4O. The summed E-state index contributed by atoms with van der Waals surface area (Å²) in [6, 6.07) is 14.0. The van der Waals surface area contributed by atoms with Gasteiger partial charge in [0.25, 0.3) is 5.91 Å². The van der Waals surface area contributed by atoms with Crippen LogP contribution in [0.25, 0.3) is 16.9 Å². The van der Waals surface area contributed by atoms with Gasteiger partial charge in [0.2, 0.25) is 0 Å². The zero-order valence-corrected chi connectivity index (χ0v) is 20.3. The number of hydrazine groups is 1. The molecule has 2 aromatic carbocycles. The molecule has 172 valence electrons. The maximum Gasteiger partial charge on any atom is 0.286 e. The van der Waals surface area contributed by atoms with E-state index in [4.69, 9.17) is 28.3 Å². The van der Waals surface area contributed by atoms with E-state index < -0.39 is 0 Å². The van der Waals surface area contributed by atoms with Crippen molar-refractivity contribution in [2.75, 3.05) is 13.1 Å². The van der Waals surface area contributed by atoms with Crippen LogP contribution >= 0.6 is 23.2 Å². The van der Waals surface area contributed by atoms with Crippen LogP contribution in [0.1, 0.15) is 66.6 Å². The van der Waals surface area contributed by atoms with Gasteiger partial charge in [-0.05, 0) is 61.8 Å². The smallest absolute Gasteiger partial charge is 0.283 e. The van der Waals surface area contributed by atoms with Gasteiger partial charge in [-0.3, -0.25) is 10.2 Å². The number of nitrogens with one attached hydrogen (secondary N) is 1. The van der Waals surface area contributed by atoms with Gasteiger partial charge in [-0.2, -0.15) is 5.10 Å². The van der Waals surface area contributed by atoms with Crippen molar-refractivity contribution in [3.05, 3.63) is 69.3 Å². The summed E-state index contributed by atoms with van der Waals surface area (Å²) in [5, 5.41) is 7.86. The minimum atomic E-state index is -0.173. The van der Waals surface area contributed by atoms with Gasteiger partial charge in [-0.15, -0.1) is 0 Å². The predicted octanol–water partition coefficient (Wildman–Crippen LogP) is 6.42. The van der Waals surface area contributed by atoms with Crippen LogP contribution in [0.15, 0.2) is 42.5 Å². The summed E-state index contributed by atoms with van der Waals surface area (Å²) < 4.78 is 1.80. The molecule has 7 heteroatoms. The van der Waals surface area contributed by atoms with Crippen LogP contribution in [0.4, 0.5) is 0 Å². The molecule has 0 radical (unpaired) electrons. The van der Waals surface area contributed by atoms with E-state index in [9.17, 15) is 4.79 Å². The van der Waals surface area contributed by atoms with Crippen LogP contribution < -0.4 is 5.43 Å². The molecule has 1 saturated heterocycles. The highest BCUT2D eigenvalue weighted by Crippen LogP contribution is 2.41. The molecule has 0 atom stereocenters. The lowest BCUT2D eigenvalue weighted by Gasteiger charge is -2.26. The molecule has 0 spiro atoms. The molecule has 1 aliphatic carbocycles. The molecule has 3 aromatic rings. The van der Waals surface area contributed by atoms with E-state index in [1.165, 1.54) is 24.8 Å². The third-order valence-electron chi connectivity index (χ3n) is 6.54. The van der Waals surface area contributed by atoms with Gasteiger partial charge in [-0.1, -0.05) is 60.8 Å². The standard InChI is InChI=1S/C26H28Cl2N4O/c1-2-21-24(26(33)30-31-14-4-3-5-15-31)29-32(23-13-12-20(27)16-22(23)28)25(21)19-10-8-18(9-11-19)17-6-7-17/h8-13,16-17H,2-7,14-15H2,1H3,(H,30,33). The quantitative estimate of drug-likeness (QED) is 0.441. The number of nitrogens with zero attached hydrogens (tertiary/aromatic N) is 3. The topological polar surface area (TPSA) is 50.2 Å². The summed E-state index contributed by atoms with van der Waals surface area (Å²) in [5.74, 6) is 0.514. The van der Waals surface area contributed by atoms with Gasteiger partial charge in [-0.25, -0.2) is 9.69 Å². The Balaban J connectivity index is 1.60. The second-order valence-corrected chi connectivity index (χ2v) is 9.77. The first-order chi connectivity index (χ1) is 16.0. The lowest BCUT2D eigenvalue weighted by atomic mass is 10.0. The Bertz CT molecular complexity index is 1160. The summed E-state index contributed by atoms with van der Waals surface area (Å²) in [6.07, 6.45) is 6.59. The molecule has 33 heavy (non-hydrogen) atoms. The first-order valence-corrected chi connectivity index (χ1v) is 12.5. The Morgan fingerprint density at radius 2 is 1.79 bits per heavy atom. The first kappa shape index (κ1) is 22.5. The van der Waals surface area contributed by atoms with Crippen molar-refractivity contribution in [2.45, 2.75) is 51.4 Å². The fourth-order valence-corrected chi connectivity index (χ4v) is 5.11. The maximum atomic E-state index is 13.3. The molecule has 1 aromatic heterocycles. The highest BCUT2D eigenvalue weighted by molar-refractivity contribution is 6.35.